The Balaban J connectivity index is 2.50. The summed E-state index contributed by atoms with van der Waals surface area (Å²) in [6.45, 7) is 4.75. The molecule has 0 amide bonds. The van der Waals surface area contributed by atoms with E-state index in [1.54, 1.807) is 12.1 Å². The molecule has 128 valence electrons. The van der Waals surface area contributed by atoms with Crippen LogP contribution in [-0.4, -0.2) is 25.5 Å². The van der Waals surface area contributed by atoms with Crippen LogP contribution in [0, 0.1) is 5.82 Å². The molecule has 1 aromatic rings. The Bertz CT molecular complexity index is 548. The second kappa shape index (κ2) is 11.0. The van der Waals surface area contributed by atoms with E-state index in [4.69, 9.17) is 14.3 Å². The molecular weight excluding hydrogens is 501 g/mol. The van der Waals surface area contributed by atoms with Gasteiger partial charge < -0.3 is 14.3 Å². The minimum absolute atomic E-state index is 0.157. The molecule has 0 fully saturated rings. The minimum Gasteiger partial charge on any atom is -0.489 e. The van der Waals surface area contributed by atoms with Crippen LogP contribution in [0.3, 0.4) is 0 Å². The summed E-state index contributed by atoms with van der Waals surface area (Å²) in [5, 5.41) is 3.81. The van der Waals surface area contributed by atoms with Crippen LogP contribution in [0.4, 0.5) is 4.39 Å². The van der Waals surface area contributed by atoms with Crippen LogP contribution in [0.25, 0.3) is 0 Å². The van der Waals surface area contributed by atoms with E-state index in [1.807, 2.05) is 13.8 Å². The van der Waals surface area contributed by atoms with Gasteiger partial charge >= 0.3 is 0 Å². The first-order chi connectivity index (χ1) is 10.9. The van der Waals surface area contributed by atoms with E-state index in [2.05, 4.69) is 52.9 Å². The number of halogens is 4. The van der Waals surface area contributed by atoms with E-state index in [-0.39, 0.29) is 5.75 Å². The highest BCUT2D eigenvalue weighted by Crippen LogP contribution is 2.33. The van der Waals surface area contributed by atoms with E-state index in [1.165, 1.54) is 6.07 Å². The number of hydrogen-bond acceptors (Lipinski definition) is 4. The van der Waals surface area contributed by atoms with Crippen molar-refractivity contribution in [3.63, 3.8) is 0 Å². The lowest BCUT2D eigenvalue weighted by Gasteiger charge is -2.11. The Morgan fingerprint density at radius 2 is 1.96 bits per heavy atom. The van der Waals surface area contributed by atoms with E-state index in [0.29, 0.717) is 36.5 Å². The van der Waals surface area contributed by atoms with Crippen LogP contribution in [0.1, 0.15) is 20.3 Å². The molecule has 0 aliphatic carbocycles. The van der Waals surface area contributed by atoms with Gasteiger partial charge in [0.15, 0.2) is 11.6 Å². The van der Waals surface area contributed by atoms with Crippen LogP contribution in [0.5, 0.6) is 11.5 Å². The number of ether oxygens (including phenoxy) is 2. The molecule has 0 bridgehead atoms. The molecule has 0 unspecified atom stereocenters. The van der Waals surface area contributed by atoms with Crippen molar-refractivity contribution < 1.29 is 18.7 Å². The fraction of sp³-hybridized carbons (Fsp3) is 0.400. The first-order valence-corrected chi connectivity index (χ1v) is 9.17. The van der Waals surface area contributed by atoms with E-state index in [0.717, 1.165) is 9.10 Å². The molecule has 0 radical (unpaired) electrons. The van der Waals surface area contributed by atoms with Crippen molar-refractivity contribution in [1.82, 2.24) is 0 Å². The molecule has 0 aliphatic rings. The maximum Gasteiger partial charge on any atom is 0.169 e. The highest BCUT2D eigenvalue weighted by molar-refractivity contribution is 9.28. The molecule has 4 nitrogen and oxygen atoms in total. The Kier molecular flexibility index (Phi) is 9.81. The van der Waals surface area contributed by atoms with Gasteiger partial charge in [-0.2, -0.15) is 0 Å². The van der Waals surface area contributed by atoms with Crippen molar-refractivity contribution in [2.75, 3.05) is 19.8 Å². The Morgan fingerprint density at radius 3 is 2.57 bits per heavy atom. The van der Waals surface area contributed by atoms with Crippen molar-refractivity contribution in [3.8, 4) is 11.5 Å². The summed E-state index contributed by atoms with van der Waals surface area (Å²) < 4.78 is 26.2. The summed E-state index contributed by atoms with van der Waals surface area (Å²) >= 11 is 9.73. The molecule has 8 heteroatoms. The molecule has 23 heavy (non-hydrogen) atoms. The molecule has 0 atom stereocenters. The molecule has 0 aliphatic heterocycles. The van der Waals surface area contributed by atoms with E-state index < -0.39 is 5.82 Å². The van der Waals surface area contributed by atoms with Crippen molar-refractivity contribution >= 4 is 53.5 Å². The lowest BCUT2D eigenvalue weighted by Crippen LogP contribution is -2.04. The Morgan fingerprint density at radius 1 is 1.22 bits per heavy atom. The monoisotopic (exact) mass is 515 g/mol. The van der Waals surface area contributed by atoms with Gasteiger partial charge in [0, 0.05) is 12.5 Å². The van der Waals surface area contributed by atoms with Gasteiger partial charge in [-0.05, 0) is 73.8 Å². The highest BCUT2D eigenvalue weighted by Gasteiger charge is 2.11. The summed E-state index contributed by atoms with van der Waals surface area (Å²) in [5.41, 5.74) is 0.845. The molecule has 1 aromatic carbocycles. The van der Waals surface area contributed by atoms with E-state index in [9.17, 15) is 4.39 Å². The fourth-order valence-corrected chi connectivity index (χ4v) is 2.22. The molecule has 0 N–H and O–H groups in total. The van der Waals surface area contributed by atoms with Crippen LogP contribution in [0.2, 0.25) is 0 Å². The van der Waals surface area contributed by atoms with Gasteiger partial charge in [-0.15, -0.1) is 0 Å². The van der Waals surface area contributed by atoms with Crippen LogP contribution < -0.4 is 9.47 Å². The van der Waals surface area contributed by atoms with Gasteiger partial charge in [0.2, 0.25) is 0 Å². The van der Waals surface area contributed by atoms with Crippen molar-refractivity contribution in [2.24, 2.45) is 5.16 Å². The summed E-state index contributed by atoms with van der Waals surface area (Å²) in [6, 6.07) is 2.95. The molecule has 0 heterocycles. The van der Waals surface area contributed by atoms with Gasteiger partial charge in [0.25, 0.3) is 0 Å². The largest absolute Gasteiger partial charge is 0.489 e. The number of nitrogens with zero attached hydrogens (tertiary/aromatic N) is 1. The highest BCUT2D eigenvalue weighted by atomic mass is 79.9. The summed E-state index contributed by atoms with van der Waals surface area (Å²) in [5.74, 6) is 0.0830. The SMILES string of the molecule is CC(C)=NOCCCOc1c(F)cc(OCC=C(Br)Br)cc1Br. The first kappa shape index (κ1) is 20.4. The predicted octanol–water partition coefficient (Wildman–Crippen LogP) is 5.78. The summed E-state index contributed by atoms with van der Waals surface area (Å²) in [7, 11) is 0. The third-order valence-corrected chi connectivity index (χ3v) is 3.57. The molecular formula is C15H17Br3FNO3. The van der Waals surface area contributed by atoms with Gasteiger partial charge in [-0.25, -0.2) is 4.39 Å². The minimum atomic E-state index is -0.486. The molecule has 0 saturated heterocycles. The zero-order valence-corrected chi connectivity index (χ0v) is 17.5. The van der Waals surface area contributed by atoms with Crippen molar-refractivity contribution in [3.05, 3.63) is 31.9 Å². The molecule has 0 spiro atoms. The molecule has 0 aromatic heterocycles. The van der Waals surface area contributed by atoms with Gasteiger partial charge in [0.1, 0.15) is 19.0 Å². The smallest absolute Gasteiger partial charge is 0.169 e. The second-order valence-corrected chi connectivity index (χ2v) is 8.22. The third kappa shape index (κ3) is 8.72. The zero-order chi connectivity index (χ0) is 17.2. The maximum atomic E-state index is 14.1. The van der Waals surface area contributed by atoms with Gasteiger partial charge in [-0.3, -0.25) is 0 Å². The van der Waals surface area contributed by atoms with Gasteiger partial charge in [0.05, 0.1) is 20.2 Å². The summed E-state index contributed by atoms with van der Waals surface area (Å²) in [6.07, 6.45) is 2.36. The number of hydrogen-bond donors (Lipinski definition) is 0. The topological polar surface area (TPSA) is 40.0 Å². The van der Waals surface area contributed by atoms with Crippen LogP contribution >= 0.6 is 47.8 Å². The lowest BCUT2D eigenvalue weighted by molar-refractivity contribution is 0.126. The number of rotatable bonds is 9. The second-order valence-electron chi connectivity index (χ2n) is 4.59. The van der Waals surface area contributed by atoms with Crippen LogP contribution in [0.15, 0.2) is 31.2 Å². The Hall–Kier alpha value is -0.600. The van der Waals surface area contributed by atoms with Gasteiger partial charge in [-0.1, -0.05) is 5.16 Å². The van der Waals surface area contributed by atoms with Crippen molar-refractivity contribution in [1.29, 1.82) is 0 Å². The average molecular weight is 518 g/mol. The summed E-state index contributed by atoms with van der Waals surface area (Å²) in [4.78, 5) is 5.05. The Labute approximate surface area is 160 Å². The molecule has 0 saturated carbocycles. The average Bonchev–Trinajstić information content (AvgIpc) is 2.44. The van der Waals surface area contributed by atoms with E-state index >= 15 is 0 Å². The predicted molar refractivity (Wildman–Crippen MR) is 100 cm³/mol. The number of benzene rings is 1. The normalized spacial score (nSPS) is 10.0. The number of oxime groups is 1. The standard InChI is InChI=1S/C15H17Br3FNO3/c1-10(2)20-23-6-3-5-22-15-12(16)8-11(9-13(15)19)21-7-4-14(17)18/h4,8-9H,3,5-7H2,1-2H3. The fourth-order valence-electron chi connectivity index (χ4n) is 1.43. The first-order valence-electron chi connectivity index (χ1n) is 6.79. The quantitative estimate of drug-likeness (QED) is 0.237. The zero-order valence-electron chi connectivity index (χ0n) is 12.7. The van der Waals surface area contributed by atoms with Crippen molar-refractivity contribution in [2.45, 2.75) is 20.3 Å². The van der Waals surface area contributed by atoms with Crippen LogP contribution in [-0.2, 0) is 4.84 Å². The maximum absolute atomic E-state index is 14.1. The lowest BCUT2D eigenvalue weighted by atomic mass is 10.3. The third-order valence-electron chi connectivity index (χ3n) is 2.33. The molecule has 1 rings (SSSR count).